The van der Waals surface area contributed by atoms with Crippen molar-refractivity contribution in [2.24, 2.45) is 16.6 Å². The molecule has 2 aliphatic heterocycles. The van der Waals surface area contributed by atoms with Crippen LogP contribution in [0.5, 0.6) is 0 Å². The summed E-state index contributed by atoms with van der Waals surface area (Å²) < 4.78 is 7.47. The predicted octanol–water partition coefficient (Wildman–Crippen LogP) is 0.376. The van der Waals surface area contributed by atoms with E-state index in [2.05, 4.69) is 36.9 Å². The van der Waals surface area contributed by atoms with Gasteiger partial charge >= 0.3 is 0 Å². The van der Waals surface area contributed by atoms with Crippen molar-refractivity contribution >= 4 is 17.4 Å². The van der Waals surface area contributed by atoms with Crippen molar-refractivity contribution in [3.05, 3.63) is 18.7 Å². The third kappa shape index (κ3) is 3.57. The number of ether oxygens (including phenoxy) is 1. The zero-order valence-electron chi connectivity index (χ0n) is 15.2. The zero-order valence-corrected chi connectivity index (χ0v) is 15.2. The molecule has 9 heteroatoms. The number of anilines is 1. The van der Waals surface area contributed by atoms with E-state index in [0.717, 1.165) is 57.0 Å². The van der Waals surface area contributed by atoms with Crippen molar-refractivity contribution in [1.82, 2.24) is 24.5 Å². The standard InChI is InChI=1S/C17H26N8O/c1-13-10-24(7-8-26-13)17(18)20-9-14-3-2-5-23(11-14)15-16-22-21-12-25(16)6-4-19-15/h4,6,12-14H,2-3,5,7-11H2,1H3,(H2,18,20). The summed E-state index contributed by atoms with van der Waals surface area (Å²) in [6.07, 6.45) is 7.85. The summed E-state index contributed by atoms with van der Waals surface area (Å²) in [5.74, 6) is 1.99. The highest BCUT2D eigenvalue weighted by molar-refractivity contribution is 5.78. The molecule has 2 atom stereocenters. The average molecular weight is 358 g/mol. The van der Waals surface area contributed by atoms with E-state index in [1.165, 1.54) is 0 Å². The first-order valence-corrected chi connectivity index (χ1v) is 9.26. The summed E-state index contributed by atoms with van der Waals surface area (Å²) in [4.78, 5) is 13.6. The highest BCUT2D eigenvalue weighted by Crippen LogP contribution is 2.24. The molecule has 0 aromatic carbocycles. The number of rotatable bonds is 3. The summed E-state index contributed by atoms with van der Waals surface area (Å²) in [6, 6.07) is 0. The predicted molar refractivity (Wildman–Crippen MR) is 99.2 cm³/mol. The van der Waals surface area contributed by atoms with Gasteiger partial charge in [-0.25, -0.2) is 4.98 Å². The summed E-state index contributed by atoms with van der Waals surface area (Å²) in [5.41, 5.74) is 7.01. The van der Waals surface area contributed by atoms with Gasteiger partial charge in [-0.2, -0.15) is 0 Å². The Balaban J connectivity index is 1.41. The van der Waals surface area contributed by atoms with Crippen LogP contribution in [0.3, 0.4) is 0 Å². The molecule has 2 aliphatic rings. The monoisotopic (exact) mass is 358 g/mol. The maximum Gasteiger partial charge on any atom is 0.203 e. The van der Waals surface area contributed by atoms with E-state index in [9.17, 15) is 0 Å². The number of nitrogens with two attached hydrogens (primary N) is 1. The molecule has 0 bridgehead atoms. The first kappa shape index (κ1) is 17.0. The molecular weight excluding hydrogens is 332 g/mol. The number of hydrogen-bond acceptors (Lipinski definition) is 6. The molecule has 2 unspecified atom stereocenters. The average Bonchev–Trinajstić information content (AvgIpc) is 3.15. The van der Waals surface area contributed by atoms with Crippen LogP contribution in [-0.4, -0.2) is 75.9 Å². The minimum absolute atomic E-state index is 0.206. The van der Waals surface area contributed by atoms with Gasteiger partial charge in [0.2, 0.25) is 5.65 Å². The quantitative estimate of drug-likeness (QED) is 0.625. The van der Waals surface area contributed by atoms with Crippen LogP contribution in [0.4, 0.5) is 5.82 Å². The van der Waals surface area contributed by atoms with E-state index in [-0.39, 0.29) is 6.10 Å². The van der Waals surface area contributed by atoms with Gasteiger partial charge < -0.3 is 20.3 Å². The molecule has 2 saturated heterocycles. The fourth-order valence-electron chi connectivity index (χ4n) is 3.72. The number of fused-ring (bicyclic) bond motifs is 1. The van der Waals surface area contributed by atoms with Crippen molar-refractivity contribution < 1.29 is 4.74 Å². The van der Waals surface area contributed by atoms with Gasteiger partial charge in [0.1, 0.15) is 6.33 Å². The van der Waals surface area contributed by atoms with Crippen LogP contribution in [-0.2, 0) is 4.74 Å². The number of aromatic nitrogens is 4. The van der Waals surface area contributed by atoms with Crippen molar-refractivity contribution in [2.75, 3.05) is 44.2 Å². The van der Waals surface area contributed by atoms with E-state index in [4.69, 9.17) is 10.5 Å². The molecule has 2 N–H and O–H groups in total. The van der Waals surface area contributed by atoms with Gasteiger partial charge in [0.25, 0.3) is 0 Å². The van der Waals surface area contributed by atoms with Gasteiger partial charge in [-0.1, -0.05) is 0 Å². The second-order valence-corrected chi connectivity index (χ2v) is 7.09. The lowest BCUT2D eigenvalue weighted by atomic mass is 9.98. The number of hydrogen-bond donors (Lipinski definition) is 1. The second-order valence-electron chi connectivity index (χ2n) is 7.09. The van der Waals surface area contributed by atoms with Crippen molar-refractivity contribution in [3.63, 3.8) is 0 Å². The Morgan fingerprint density at radius 1 is 1.38 bits per heavy atom. The summed E-state index contributed by atoms with van der Waals surface area (Å²) in [7, 11) is 0. The molecule has 2 aromatic rings. The summed E-state index contributed by atoms with van der Waals surface area (Å²) in [5, 5.41) is 8.19. The molecule has 0 radical (unpaired) electrons. The molecule has 26 heavy (non-hydrogen) atoms. The topological polar surface area (TPSA) is 97.2 Å². The molecule has 2 fully saturated rings. The van der Waals surface area contributed by atoms with Gasteiger partial charge in [0.15, 0.2) is 11.8 Å². The molecule has 140 valence electrons. The van der Waals surface area contributed by atoms with Crippen LogP contribution in [0.2, 0.25) is 0 Å². The Labute approximate surface area is 152 Å². The fourth-order valence-corrected chi connectivity index (χ4v) is 3.72. The van der Waals surface area contributed by atoms with Gasteiger partial charge in [0, 0.05) is 45.1 Å². The third-order valence-corrected chi connectivity index (χ3v) is 5.09. The van der Waals surface area contributed by atoms with Crippen LogP contribution in [0.15, 0.2) is 23.7 Å². The maximum atomic E-state index is 6.21. The lowest BCUT2D eigenvalue weighted by Gasteiger charge is -2.34. The number of morpholine rings is 1. The van der Waals surface area contributed by atoms with Gasteiger partial charge in [-0.05, 0) is 25.7 Å². The van der Waals surface area contributed by atoms with Crippen molar-refractivity contribution in [1.29, 1.82) is 0 Å². The third-order valence-electron chi connectivity index (χ3n) is 5.09. The van der Waals surface area contributed by atoms with E-state index >= 15 is 0 Å². The van der Waals surface area contributed by atoms with E-state index in [1.807, 2.05) is 10.6 Å². The SMILES string of the molecule is CC1CN(C(N)=NCC2CCCN(c3nccn4cnnc34)C2)CCO1. The Kier molecular flexibility index (Phi) is 4.87. The van der Waals surface area contributed by atoms with Crippen LogP contribution in [0.1, 0.15) is 19.8 Å². The van der Waals surface area contributed by atoms with E-state index in [1.54, 1.807) is 12.5 Å². The fraction of sp³-hybridized carbons (Fsp3) is 0.647. The molecular formula is C17H26N8O. The number of nitrogens with zero attached hydrogens (tertiary/aromatic N) is 7. The normalized spacial score (nSPS) is 25.0. The van der Waals surface area contributed by atoms with Crippen LogP contribution in [0.25, 0.3) is 5.65 Å². The van der Waals surface area contributed by atoms with Crippen LogP contribution in [0, 0.1) is 5.92 Å². The molecule has 0 aliphatic carbocycles. The first-order valence-electron chi connectivity index (χ1n) is 9.26. The number of aliphatic imine (C=N–C) groups is 1. The van der Waals surface area contributed by atoms with Crippen LogP contribution < -0.4 is 10.6 Å². The molecule has 2 aromatic heterocycles. The van der Waals surface area contributed by atoms with E-state index < -0.39 is 0 Å². The second kappa shape index (κ2) is 7.45. The lowest BCUT2D eigenvalue weighted by Crippen LogP contribution is -2.48. The zero-order chi connectivity index (χ0) is 17.9. The van der Waals surface area contributed by atoms with E-state index in [0.29, 0.717) is 18.5 Å². The van der Waals surface area contributed by atoms with Gasteiger partial charge in [-0.15, -0.1) is 10.2 Å². The van der Waals surface area contributed by atoms with Gasteiger partial charge in [0.05, 0.1) is 12.7 Å². The minimum atomic E-state index is 0.206. The molecule has 0 saturated carbocycles. The Morgan fingerprint density at radius 2 is 2.31 bits per heavy atom. The largest absolute Gasteiger partial charge is 0.375 e. The first-order chi connectivity index (χ1) is 12.7. The Morgan fingerprint density at radius 3 is 3.19 bits per heavy atom. The molecule has 4 rings (SSSR count). The lowest BCUT2D eigenvalue weighted by molar-refractivity contribution is 0.00527. The Hall–Kier alpha value is -2.42. The number of guanidine groups is 1. The Bertz CT molecular complexity index is 775. The molecule has 9 nitrogen and oxygen atoms in total. The minimum Gasteiger partial charge on any atom is -0.375 e. The summed E-state index contributed by atoms with van der Waals surface area (Å²) >= 11 is 0. The highest BCUT2D eigenvalue weighted by atomic mass is 16.5. The molecule has 0 spiro atoms. The van der Waals surface area contributed by atoms with Crippen molar-refractivity contribution in [3.8, 4) is 0 Å². The van der Waals surface area contributed by atoms with Crippen molar-refractivity contribution in [2.45, 2.75) is 25.9 Å². The molecule has 0 amide bonds. The molecule has 4 heterocycles. The highest BCUT2D eigenvalue weighted by Gasteiger charge is 2.24. The van der Waals surface area contributed by atoms with Crippen LogP contribution >= 0.6 is 0 Å². The van der Waals surface area contributed by atoms with Gasteiger partial charge in [-0.3, -0.25) is 9.39 Å². The summed E-state index contributed by atoms with van der Waals surface area (Å²) in [6.45, 7) is 7.04. The number of piperidine rings is 1. The smallest absolute Gasteiger partial charge is 0.203 e. The maximum absolute atomic E-state index is 6.21.